The van der Waals surface area contributed by atoms with Gasteiger partial charge in [-0.15, -0.1) is 0 Å². The van der Waals surface area contributed by atoms with Crippen molar-refractivity contribution in [3.05, 3.63) is 58.6 Å². The predicted molar refractivity (Wildman–Crippen MR) is 74.7 cm³/mol. The molecule has 0 aliphatic rings. The van der Waals surface area contributed by atoms with Gasteiger partial charge in [-0.2, -0.15) is 0 Å². The van der Waals surface area contributed by atoms with E-state index in [2.05, 4.69) is 0 Å². The molecule has 2 rings (SSSR count). The van der Waals surface area contributed by atoms with Gasteiger partial charge in [0.15, 0.2) is 0 Å². The molecule has 1 aromatic heterocycles. The van der Waals surface area contributed by atoms with Crippen LogP contribution >= 0.6 is 11.6 Å². The molecule has 2 aromatic rings. The van der Waals surface area contributed by atoms with Gasteiger partial charge < -0.3 is 9.67 Å². The molecular formula is C15H17ClFNO. The Bertz CT molecular complexity index is 565. The third-order valence-corrected chi connectivity index (χ3v) is 3.35. The second-order valence-corrected chi connectivity index (χ2v) is 5.48. The fourth-order valence-corrected chi connectivity index (χ4v) is 2.12. The van der Waals surface area contributed by atoms with Gasteiger partial charge in [0.2, 0.25) is 0 Å². The second kappa shape index (κ2) is 5.76. The molecule has 0 fully saturated rings. The number of nitrogens with zero attached hydrogens (tertiary/aromatic N) is 1. The zero-order valence-corrected chi connectivity index (χ0v) is 11.7. The molecule has 0 bridgehead atoms. The highest BCUT2D eigenvalue weighted by molar-refractivity contribution is 6.30. The van der Waals surface area contributed by atoms with Crippen molar-refractivity contribution >= 4 is 11.6 Å². The molecule has 0 spiro atoms. The molecule has 0 amide bonds. The standard InChI is InChI=1S/C15H17ClFNO/c1-10(2)15(19)12-5-6-18(9-12)8-11-3-4-13(16)7-14(11)17/h3-7,9-10,15,19H,8H2,1-2H3. The monoisotopic (exact) mass is 281 g/mol. The number of hydrogen-bond donors (Lipinski definition) is 1. The first kappa shape index (κ1) is 14.1. The summed E-state index contributed by atoms with van der Waals surface area (Å²) in [6.07, 6.45) is 3.20. The van der Waals surface area contributed by atoms with Gasteiger partial charge in [0.1, 0.15) is 5.82 Å². The molecule has 0 radical (unpaired) electrons. The first-order valence-electron chi connectivity index (χ1n) is 6.25. The SMILES string of the molecule is CC(C)C(O)c1ccn(Cc2ccc(Cl)cc2F)c1. The molecule has 1 atom stereocenters. The summed E-state index contributed by atoms with van der Waals surface area (Å²) in [5.74, 6) is -0.157. The Balaban J connectivity index is 2.16. The lowest BCUT2D eigenvalue weighted by Gasteiger charge is -2.12. The molecule has 1 unspecified atom stereocenters. The van der Waals surface area contributed by atoms with Crippen LogP contribution < -0.4 is 0 Å². The molecule has 1 aromatic carbocycles. The van der Waals surface area contributed by atoms with Crippen LogP contribution in [0.25, 0.3) is 0 Å². The maximum Gasteiger partial charge on any atom is 0.129 e. The second-order valence-electron chi connectivity index (χ2n) is 5.04. The summed E-state index contributed by atoms with van der Waals surface area (Å²) in [6.45, 7) is 4.34. The van der Waals surface area contributed by atoms with E-state index < -0.39 is 6.10 Å². The minimum absolute atomic E-state index is 0.156. The van der Waals surface area contributed by atoms with E-state index in [0.29, 0.717) is 17.1 Å². The van der Waals surface area contributed by atoms with Crippen LogP contribution in [0.4, 0.5) is 4.39 Å². The Morgan fingerprint density at radius 3 is 2.68 bits per heavy atom. The predicted octanol–water partition coefficient (Wildman–Crippen LogP) is 4.02. The van der Waals surface area contributed by atoms with Gasteiger partial charge in [0.25, 0.3) is 0 Å². The molecule has 0 aliphatic heterocycles. The zero-order valence-electron chi connectivity index (χ0n) is 11.0. The van der Waals surface area contributed by atoms with Crippen LogP contribution in [-0.4, -0.2) is 9.67 Å². The fourth-order valence-electron chi connectivity index (χ4n) is 1.96. The van der Waals surface area contributed by atoms with Crippen LogP contribution in [0.3, 0.4) is 0 Å². The largest absolute Gasteiger partial charge is 0.388 e. The number of benzene rings is 1. The highest BCUT2D eigenvalue weighted by Crippen LogP contribution is 2.22. The first-order valence-corrected chi connectivity index (χ1v) is 6.63. The summed E-state index contributed by atoms with van der Waals surface area (Å²) in [5.41, 5.74) is 1.43. The summed E-state index contributed by atoms with van der Waals surface area (Å²) in [4.78, 5) is 0. The van der Waals surface area contributed by atoms with Crippen molar-refractivity contribution in [2.24, 2.45) is 5.92 Å². The zero-order chi connectivity index (χ0) is 14.0. The average molecular weight is 282 g/mol. The van der Waals surface area contributed by atoms with E-state index in [9.17, 15) is 9.50 Å². The number of aliphatic hydroxyl groups excluding tert-OH is 1. The van der Waals surface area contributed by atoms with Crippen LogP contribution in [-0.2, 0) is 6.54 Å². The third kappa shape index (κ3) is 3.37. The van der Waals surface area contributed by atoms with E-state index in [1.807, 2.05) is 36.9 Å². The number of hydrogen-bond acceptors (Lipinski definition) is 1. The lowest BCUT2D eigenvalue weighted by atomic mass is 10.0. The van der Waals surface area contributed by atoms with E-state index >= 15 is 0 Å². The van der Waals surface area contributed by atoms with Crippen LogP contribution in [0.5, 0.6) is 0 Å². The fraction of sp³-hybridized carbons (Fsp3) is 0.333. The van der Waals surface area contributed by atoms with Crippen molar-refractivity contribution in [2.75, 3.05) is 0 Å². The van der Waals surface area contributed by atoms with Crippen molar-refractivity contribution in [3.8, 4) is 0 Å². The highest BCUT2D eigenvalue weighted by atomic mass is 35.5. The molecule has 1 heterocycles. The van der Waals surface area contributed by atoms with E-state index in [-0.39, 0.29) is 11.7 Å². The van der Waals surface area contributed by atoms with Gasteiger partial charge >= 0.3 is 0 Å². The third-order valence-electron chi connectivity index (χ3n) is 3.11. The summed E-state index contributed by atoms with van der Waals surface area (Å²) in [5, 5.41) is 10.4. The van der Waals surface area contributed by atoms with Crippen LogP contribution in [0, 0.1) is 11.7 Å². The van der Waals surface area contributed by atoms with Gasteiger partial charge in [-0.25, -0.2) is 4.39 Å². The van der Waals surface area contributed by atoms with Gasteiger partial charge in [0, 0.05) is 29.5 Å². The molecule has 102 valence electrons. The Labute approximate surface area is 117 Å². The highest BCUT2D eigenvalue weighted by Gasteiger charge is 2.13. The first-order chi connectivity index (χ1) is 8.97. The van der Waals surface area contributed by atoms with Crippen molar-refractivity contribution in [2.45, 2.75) is 26.5 Å². The number of aromatic nitrogens is 1. The Kier molecular flexibility index (Phi) is 4.27. The van der Waals surface area contributed by atoms with Crippen LogP contribution in [0.2, 0.25) is 5.02 Å². The van der Waals surface area contributed by atoms with Gasteiger partial charge in [-0.05, 0) is 29.7 Å². The molecule has 1 N–H and O–H groups in total. The molecule has 19 heavy (non-hydrogen) atoms. The van der Waals surface area contributed by atoms with Crippen LogP contribution in [0.15, 0.2) is 36.7 Å². The van der Waals surface area contributed by atoms with Crippen molar-refractivity contribution < 1.29 is 9.50 Å². The van der Waals surface area contributed by atoms with Gasteiger partial charge in [-0.3, -0.25) is 0 Å². The summed E-state index contributed by atoms with van der Waals surface area (Å²) in [6, 6.07) is 6.52. The smallest absolute Gasteiger partial charge is 0.129 e. The Morgan fingerprint density at radius 1 is 1.32 bits per heavy atom. The number of aliphatic hydroxyl groups is 1. The quantitative estimate of drug-likeness (QED) is 0.900. The summed E-state index contributed by atoms with van der Waals surface area (Å²) < 4.78 is 15.5. The molecule has 4 heteroatoms. The molecule has 0 saturated heterocycles. The van der Waals surface area contributed by atoms with E-state index in [1.54, 1.807) is 12.1 Å². The number of rotatable bonds is 4. The summed E-state index contributed by atoms with van der Waals surface area (Å²) >= 11 is 5.72. The maximum absolute atomic E-state index is 13.7. The summed E-state index contributed by atoms with van der Waals surface area (Å²) in [7, 11) is 0. The van der Waals surface area contributed by atoms with Crippen LogP contribution in [0.1, 0.15) is 31.1 Å². The van der Waals surface area contributed by atoms with Crippen molar-refractivity contribution in [1.29, 1.82) is 0 Å². The minimum Gasteiger partial charge on any atom is -0.388 e. The van der Waals surface area contributed by atoms with Crippen molar-refractivity contribution in [1.82, 2.24) is 4.57 Å². The molecule has 0 saturated carbocycles. The maximum atomic E-state index is 13.7. The van der Waals surface area contributed by atoms with Gasteiger partial charge in [-0.1, -0.05) is 31.5 Å². The minimum atomic E-state index is -0.490. The normalized spacial score (nSPS) is 12.9. The Morgan fingerprint density at radius 2 is 2.05 bits per heavy atom. The topological polar surface area (TPSA) is 25.2 Å². The lowest BCUT2D eigenvalue weighted by Crippen LogP contribution is -2.04. The van der Waals surface area contributed by atoms with E-state index in [4.69, 9.17) is 11.6 Å². The molecule has 0 aliphatic carbocycles. The molecule has 2 nitrogen and oxygen atoms in total. The average Bonchev–Trinajstić information content (AvgIpc) is 2.80. The molecular weight excluding hydrogens is 265 g/mol. The lowest BCUT2D eigenvalue weighted by molar-refractivity contribution is 0.127. The van der Waals surface area contributed by atoms with E-state index in [1.165, 1.54) is 6.07 Å². The number of halogens is 2. The Hall–Kier alpha value is -1.32. The van der Waals surface area contributed by atoms with E-state index in [0.717, 1.165) is 5.56 Å². The van der Waals surface area contributed by atoms with Crippen molar-refractivity contribution in [3.63, 3.8) is 0 Å². The van der Waals surface area contributed by atoms with Gasteiger partial charge in [0.05, 0.1) is 6.10 Å².